The molecule has 4 heterocycles. The van der Waals surface area contributed by atoms with E-state index in [1.807, 2.05) is 13.8 Å². The van der Waals surface area contributed by atoms with Crippen LogP contribution in [0.2, 0.25) is 0 Å². The lowest BCUT2D eigenvalue weighted by Crippen LogP contribution is -2.34. The Morgan fingerprint density at radius 2 is 2.09 bits per heavy atom. The average molecular weight is 463 g/mol. The predicted octanol–water partition coefficient (Wildman–Crippen LogP) is 1.14. The van der Waals surface area contributed by atoms with Crippen LogP contribution in [0.4, 0.5) is 5.82 Å². The molecule has 11 nitrogen and oxygen atoms in total. The minimum absolute atomic E-state index is 0.0312. The lowest BCUT2D eigenvalue weighted by molar-refractivity contribution is -0.114. The third-order valence-electron chi connectivity index (χ3n) is 5.90. The summed E-state index contributed by atoms with van der Waals surface area (Å²) >= 11 is 0. The monoisotopic (exact) mass is 463 g/mol. The topological polar surface area (TPSA) is 135 Å². The van der Waals surface area contributed by atoms with Crippen LogP contribution < -0.4 is 15.8 Å². The van der Waals surface area contributed by atoms with Crippen molar-refractivity contribution in [1.29, 1.82) is 0 Å². The number of aromatic nitrogens is 5. The van der Waals surface area contributed by atoms with Crippen LogP contribution >= 0.6 is 0 Å². The zero-order chi connectivity index (χ0) is 24.0. The standard InChI is InChI=1S/C23H25N7O4/c1-13(2)11-29-21-15(3-6-17(31)28-8-7-14-9-24-12-25-19(14)28)10-26-30(21)23(34)18(22(29)33)20(32)27-16-4-5-16/h3,6,9-10,12-13,16,33H,4-5,7-8,11H2,1-2H3,(H,27,32). The van der Waals surface area contributed by atoms with E-state index in [1.54, 1.807) is 17.2 Å². The first-order chi connectivity index (χ1) is 16.3. The Balaban J connectivity index is 1.54. The van der Waals surface area contributed by atoms with Gasteiger partial charge in [-0.15, -0.1) is 0 Å². The minimum Gasteiger partial charge on any atom is -0.494 e. The number of aromatic hydroxyl groups is 1. The number of carbonyl (C=O) groups excluding carboxylic acids is 2. The Morgan fingerprint density at radius 3 is 2.82 bits per heavy atom. The Bertz CT molecular complexity index is 1380. The first kappa shape index (κ1) is 21.8. The van der Waals surface area contributed by atoms with Gasteiger partial charge in [0.1, 0.15) is 17.8 Å². The number of amides is 2. The van der Waals surface area contributed by atoms with Gasteiger partial charge in [0.05, 0.1) is 6.20 Å². The van der Waals surface area contributed by atoms with Gasteiger partial charge < -0.3 is 10.4 Å². The molecule has 0 spiro atoms. The van der Waals surface area contributed by atoms with Crippen molar-refractivity contribution >= 4 is 29.4 Å². The number of carbonyl (C=O) groups is 2. The molecule has 2 amide bonds. The Labute approximate surface area is 194 Å². The van der Waals surface area contributed by atoms with Crippen molar-refractivity contribution in [3.8, 4) is 5.88 Å². The number of hydrogen-bond acceptors (Lipinski definition) is 7. The third-order valence-corrected chi connectivity index (χ3v) is 5.90. The second-order valence-electron chi connectivity index (χ2n) is 9.04. The van der Waals surface area contributed by atoms with Crippen LogP contribution in [0.15, 0.2) is 29.6 Å². The molecule has 0 saturated heterocycles. The van der Waals surface area contributed by atoms with E-state index < -0.39 is 17.3 Å². The zero-order valence-corrected chi connectivity index (χ0v) is 18.9. The number of nitrogens with one attached hydrogen (secondary N) is 1. The van der Waals surface area contributed by atoms with Crippen LogP contribution in [0.1, 0.15) is 48.2 Å². The Hall–Kier alpha value is -4.02. The number of anilines is 1. The van der Waals surface area contributed by atoms with Gasteiger partial charge in [0, 0.05) is 42.5 Å². The molecule has 2 aliphatic rings. The number of hydrogen-bond donors (Lipinski definition) is 2. The number of fused-ring (bicyclic) bond motifs is 2. The maximum absolute atomic E-state index is 13.1. The van der Waals surface area contributed by atoms with Crippen LogP contribution in [-0.2, 0) is 17.8 Å². The second-order valence-corrected chi connectivity index (χ2v) is 9.04. The quantitative estimate of drug-likeness (QED) is 0.524. The molecule has 0 aromatic carbocycles. The first-order valence-corrected chi connectivity index (χ1v) is 11.3. The summed E-state index contributed by atoms with van der Waals surface area (Å²) in [6.07, 6.45) is 9.89. The van der Waals surface area contributed by atoms with Crippen molar-refractivity contribution in [3.63, 3.8) is 0 Å². The van der Waals surface area contributed by atoms with E-state index in [2.05, 4.69) is 20.4 Å². The molecular formula is C23H25N7O4. The second kappa shape index (κ2) is 8.40. The molecule has 11 heteroatoms. The van der Waals surface area contributed by atoms with Crippen LogP contribution in [0, 0.1) is 5.92 Å². The highest BCUT2D eigenvalue weighted by Gasteiger charge is 2.30. The summed E-state index contributed by atoms with van der Waals surface area (Å²) in [6.45, 7) is 4.76. The molecule has 5 rings (SSSR count). The van der Waals surface area contributed by atoms with Crippen LogP contribution in [0.5, 0.6) is 5.88 Å². The summed E-state index contributed by atoms with van der Waals surface area (Å²) in [6, 6.07) is 0.0312. The zero-order valence-electron chi connectivity index (χ0n) is 18.9. The van der Waals surface area contributed by atoms with E-state index in [4.69, 9.17) is 0 Å². The van der Waals surface area contributed by atoms with Gasteiger partial charge in [-0.05, 0) is 31.3 Å². The number of nitrogens with zero attached hydrogens (tertiary/aromatic N) is 6. The van der Waals surface area contributed by atoms with E-state index in [9.17, 15) is 19.5 Å². The molecule has 0 bridgehead atoms. The summed E-state index contributed by atoms with van der Waals surface area (Å²) in [5.41, 5.74) is 0.655. The molecule has 1 saturated carbocycles. The van der Waals surface area contributed by atoms with Crippen molar-refractivity contribution in [1.82, 2.24) is 29.5 Å². The average Bonchev–Trinajstić information content (AvgIpc) is 3.34. The van der Waals surface area contributed by atoms with Gasteiger partial charge in [-0.25, -0.2) is 9.97 Å². The van der Waals surface area contributed by atoms with Gasteiger partial charge >= 0.3 is 0 Å². The van der Waals surface area contributed by atoms with E-state index in [-0.39, 0.29) is 23.4 Å². The molecule has 0 unspecified atom stereocenters. The third kappa shape index (κ3) is 3.82. The molecular weight excluding hydrogens is 438 g/mol. The van der Waals surface area contributed by atoms with Crippen molar-refractivity contribution in [2.45, 2.75) is 45.7 Å². The maximum Gasteiger partial charge on any atom is 0.291 e. The molecule has 3 aromatic heterocycles. The van der Waals surface area contributed by atoms with Gasteiger partial charge in [-0.2, -0.15) is 9.61 Å². The van der Waals surface area contributed by atoms with Crippen molar-refractivity contribution in [2.75, 3.05) is 11.4 Å². The molecule has 34 heavy (non-hydrogen) atoms. The van der Waals surface area contributed by atoms with Gasteiger partial charge in [0.25, 0.3) is 17.4 Å². The fourth-order valence-electron chi connectivity index (χ4n) is 4.12. The largest absolute Gasteiger partial charge is 0.494 e. The predicted molar refractivity (Wildman–Crippen MR) is 124 cm³/mol. The first-order valence-electron chi connectivity index (χ1n) is 11.3. The van der Waals surface area contributed by atoms with E-state index in [0.717, 1.165) is 22.9 Å². The Kier molecular flexibility index (Phi) is 5.39. The summed E-state index contributed by atoms with van der Waals surface area (Å²) in [7, 11) is 0. The highest BCUT2D eigenvalue weighted by Crippen LogP contribution is 2.26. The highest BCUT2D eigenvalue weighted by atomic mass is 16.3. The molecule has 2 N–H and O–H groups in total. The summed E-state index contributed by atoms with van der Waals surface area (Å²) in [5, 5.41) is 17.9. The van der Waals surface area contributed by atoms with Gasteiger partial charge in [-0.1, -0.05) is 13.8 Å². The van der Waals surface area contributed by atoms with Gasteiger partial charge in [-0.3, -0.25) is 23.9 Å². The van der Waals surface area contributed by atoms with Crippen molar-refractivity contribution < 1.29 is 14.7 Å². The lowest BCUT2D eigenvalue weighted by Gasteiger charge is -2.17. The molecule has 0 atom stereocenters. The molecule has 0 radical (unpaired) electrons. The summed E-state index contributed by atoms with van der Waals surface area (Å²) in [5.74, 6) is -0.590. The lowest BCUT2D eigenvalue weighted by atomic mass is 10.2. The maximum atomic E-state index is 13.1. The van der Waals surface area contributed by atoms with Crippen molar-refractivity contribution in [2.24, 2.45) is 5.92 Å². The molecule has 1 fully saturated rings. The smallest absolute Gasteiger partial charge is 0.291 e. The van der Waals surface area contributed by atoms with Crippen LogP contribution in [0.25, 0.3) is 11.7 Å². The fourth-order valence-corrected chi connectivity index (χ4v) is 4.12. The molecule has 1 aliphatic carbocycles. The SMILES string of the molecule is CC(C)Cn1c(O)c(C(=O)NC2CC2)c(=O)n2ncc(C=CC(=O)N3CCc4cncnc43)c12. The van der Waals surface area contributed by atoms with Gasteiger partial charge in [0.15, 0.2) is 5.56 Å². The van der Waals surface area contributed by atoms with Crippen LogP contribution in [-0.4, -0.2) is 53.7 Å². The van der Waals surface area contributed by atoms with E-state index >= 15 is 0 Å². The molecule has 3 aromatic rings. The fraction of sp³-hybridized carbons (Fsp3) is 0.391. The van der Waals surface area contributed by atoms with Crippen LogP contribution in [0.3, 0.4) is 0 Å². The summed E-state index contributed by atoms with van der Waals surface area (Å²) < 4.78 is 2.61. The molecule has 176 valence electrons. The minimum atomic E-state index is -0.707. The number of rotatable bonds is 6. The summed E-state index contributed by atoms with van der Waals surface area (Å²) in [4.78, 5) is 48.4. The van der Waals surface area contributed by atoms with Gasteiger partial charge in [0.2, 0.25) is 5.88 Å². The highest BCUT2D eigenvalue weighted by molar-refractivity contribution is 6.04. The van der Waals surface area contributed by atoms with E-state index in [1.165, 1.54) is 23.2 Å². The Morgan fingerprint density at radius 1 is 1.29 bits per heavy atom. The normalized spacial score (nSPS) is 15.4. The van der Waals surface area contributed by atoms with E-state index in [0.29, 0.717) is 36.5 Å². The molecule has 1 aliphatic heterocycles. The van der Waals surface area contributed by atoms with Crippen molar-refractivity contribution in [3.05, 3.63) is 51.8 Å².